The van der Waals surface area contributed by atoms with Gasteiger partial charge in [0.1, 0.15) is 12.7 Å². The van der Waals surface area contributed by atoms with E-state index in [9.17, 15) is 0 Å². The number of hydrogen-bond acceptors (Lipinski definition) is 6. The summed E-state index contributed by atoms with van der Waals surface area (Å²) in [5.41, 5.74) is 3.06. The Hall–Kier alpha value is -3.75. The van der Waals surface area contributed by atoms with Crippen LogP contribution >= 0.6 is 0 Å². The van der Waals surface area contributed by atoms with Crippen LogP contribution in [0.25, 0.3) is 5.69 Å². The predicted octanol–water partition coefficient (Wildman–Crippen LogP) is 2.16. The number of benzene rings is 2. The van der Waals surface area contributed by atoms with E-state index in [1.165, 1.54) is 6.33 Å². The molecule has 2 N–H and O–H groups in total. The van der Waals surface area contributed by atoms with Crippen molar-refractivity contribution >= 4 is 5.96 Å². The van der Waals surface area contributed by atoms with Crippen molar-refractivity contribution in [3.05, 3.63) is 60.2 Å². The SMILES string of the molecule is CN=C(NCc1ccc(-n2cncn2)cc1)NCc1cc(OC)c(OC)c(OC)c1. The summed E-state index contributed by atoms with van der Waals surface area (Å²) in [5, 5.41) is 10.7. The summed E-state index contributed by atoms with van der Waals surface area (Å²) in [7, 11) is 6.52. The number of nitrogens with one attached hydrogen (secondary N) is 2. The molecular weight excluding hydrogens is 384 g/mol. The lowest BCUT2D eigenvalue weighted by Gasteiger charge is -2.16. The average Bonchev–Trinajstić information content (AvgIpc) is 3.33. The molecule has 2 aromatic carbocycles. The first kappa shape index (κ1) is 21.0. The van der Waals surface area contributed by atoms with E-state index in [2.05, 4.69) is 25.7 Å². The van der Waals surface area contributed by atoms with Crippen LogP contribution in [0.3, 0.4) is 0 Å². The fraction of sp³-hybridized carbons (Fsp3) is 0.286. The fourth-order valence-corrected chi connectivity index (χ4v) is 2.94. The Morgan fingerprint density at radius 1 is 0.933 bits per heavy atom. The summed E-state index contributed by atoms with van der Waals surface area (Å²) in [6.45, 7) is 1.17. The van der Waals surface area contributed by atoms with Crippen molar-refractivity contribution in [1.29, 1.82) is 0 Å². The van der Waals surface area contributed by atoms with Gasteiger partial charge in [-0.15, -0.1) is 0 Å². The Morgan fingerprint density at radius 2 is 1.57 bits per heavy atom. The highest BCUT2D eigenvalue weighted by Gasteiger charge is 2.13. The number of aromatic nitrogens is 3. The van der Waals surface area contributed by atoms with E-state index in [0.29, 0.717) is 36.3 Å². The zero-order chi connectivity index (χ0) is 21.3. The maximum Gasteiger partial charge on any atom is 0.203 e. The molecule has 0 atom stereocenters. The number of methoxy groups -OCH3 is 3. The molecular formula is C21H26N6O3. The van der Waals surface area contributed by atoms with Gasteiger partial charge in [-0.1, -0.05) is 12.1 Å². The highest BCUT2D eigenvalue weighted by molar-refractivity contribution is 5.79. The van der Waals surface area contributed by atoms with Crippen LogP contribution in [0.4, 0.5) is 0 Å². The Morgan fingerprint density at radius 3 is 2.07 bits per heavy atom. The van der Waals surface area contributed by atoms with Crippen LogP contribution in [-0.2, 0) is 13.1 Å². The standard InChI is InChI=1S/C21H26N6O3/c1-22-21(24-11-15-5-7-17(8-6-15)27-14-23-13-26-27)25-12-16-9-18(28-2)20(30-4)19(10-16)29-3/h5-10,13-14H,11-12H2,1-4H3,(H2,22,24,25). The second-order valence-corrected chi connectivity index (χ2v) is 6.32. The monoisotopic (exact) mass is 410 g/mol. The van der Waals surface area contributed by atoms with Crippen molar-refractivity contribution in [2.24, 2.45) is 4.99 Å². The minimum atomic E-state index is 0.543. The smallest absolute Gasteiger partial charge is 0.203 e. The van der Waals surface area contributed by atoms with Gasteiger partial charge in [0, 0.05) is 20.1 Å². The molecule has 0 fully saturated rings. The topological polar surface area (TPSA) is 94.8 Å². The molecule has 0 radical (unpaired) electrons. The molecule has 158 valence electrons. The van der Waals surface area contributed by atoms with E-state index in [1.54, 1.807) is 39.4 Å². The van der Waals surface area contributed by atoms with Gasteiger partial charge < -0.3 is 24.8 Å². The van der Waals surface area contributed by atoms with Crippen molar-refractivity contribution < 1.29 is 14.2 Å². The summed E-state index contributed by atoms with van der Waals surface area (Å²) in [6, 6.07) is 11.9. The minimum absolute atomic E-state index is 0.543. The predicted molar refractivity (Wildman–Crippen MR) is 114 cm³/mol. The number of guanidine groups is 1. The van der Waals surface area contributed by atoms with E-state index < -0.39 is 0 Å². The summed E-state index contributed by atoms with van der Waals surface area (Å²) in [4.78, 5) is 8.24. The molecule has 0 aliphatic rings. The molecule has 1 aromatic heterocycles. The number of aliphatic imine (C=N–C) groups is 1. The average molecular weight is 410 g/mol. The van der Waals surface area contributed by atoms with Crippen molar-refractivity contribution in [2.75, 3.05) is 28.4 Å². The highest BCUT2D eigenvalue weighted by atomic mass is 16.5. The maximum atomic E-state index is 5.41. The fourth-order valence-electron chi connectivity index (χ4n) is 2.94. The van der Waals surface area contributed by atoms with Gasteiger partial charge in [-0.3, -0.25) is 4.99 Å². The molecule has 0 saturated heterocycles. The Bertz CT molecular complexity index is 946. The zero-order valence-electron chi connectivity index (χ0n) is 17.5. The Kier molecular flexibility index (Phi) is 7.09. The van der Waals surface area contributed by atoms with Gasteiger partial charge in [0.25, 0.3) is 0 Å². The van der Waals surface area contributed by atoms with Gasteiger partial charge in [0.2, 0.25) is 5.75 Å². The normalized spacial score (nSPS) is 11.1. The van der Waals surface area contributed by atoms with E-state index >= 15 is 0 Å². The molecule has 3 rings (SSSR count). The summed E-state index contributed by atoms with van der Waals surface area (Å²) < 4.78 is 17.9. The minimum Gasteiger partial charge on any atom is -0.493 e. The van der Waals surface area contributed by atoms with Gasteiger partial charge >= 0.3 is 0 Å². The van der Waals surface area contributed by atoms with Crippen LogP contribution in [0.15, 0.2) is 54.0 Å². The molecule has 0 unspecified atom stereocenters. The van der Waals surface area contributed by atoms with Crippen LogP contribution < -0.4 is 24.8 Å². The van der Waals surface area contributed by atoms with Gasteiger partial charge in [0.05, 0.1) is 27.0 Å². The van der Waals surface area contributed by atoms with E-state index in [-0.39, 0.29) is 0 Å². The summed E-state index contributed by atoms with van der Waals surface area (Å²) in [5.74, 6) is 2.48. The molecule has 1 heterocycles. The van der Waals surface area contributed by atoms with Gasteiger partial charge in [-0.05, 0) is 35.4 Å². The van der Waals surface area contributed by atoms with Crippen LogP contribution in [0.5, 0.6) is 17.2 Å². The molecule has 3 aromatic rings. The first-order valence-electron chi connectivity index (χ1n) is 9.35. The first-order valence-corrected chi connectivity index (χ1v) is 9.35. The Labute approximate surface area is 175 Å². The van der Waals surface area contributed by atoms with Crippen molar-refractivity contribution in [3.63, 3.8) is 0 Å². The lowest BCUT2D eigenvalue weighted by Crippen LogP contribution is -2.36. The van der Waals surface area contributed by atoms with Crippen LogP contribution in [0.1, 0.15) is 11.1 Å². The molecule has 0 saturated carbocycles. The molecule has 0 aliphatic heterocycles. The third-order valence-electron chi connectivity index (χ3n) is 4.49. The van der Waals surface area contributed by atoms with Crippen LogP contribution in [0.2, 0.25) is 0 Å². The molecule has 0 aliphatic carbocycles. The zero-order valence-corrected chi connectivity index (χ0v) is 17.5. The van der Waals surface area contributed by atoms with Crippen molar-refractivity contribution in [1.82, 2.24) is 25.4 Å². The molecule has 9 heteroatoms. The number of nitrogens with zero attached hydrogens (tertiary/aromatic N) is 4. The third kappa shape index (κ3) is 4.99. The first-order chi connectivity index (χ1) is 14.7. The van der Waals surface area contributed by atoms with E-state index in [1.807, 2.05) is 36.4 Å². The van der Waals surface area contributed by atoms with Gasteiger partial charge in [0.15, 0.2) is 17.5 Å². The lowest BCUT2D eigenvalue weighted by molar-refractivity contribution is 0.323. The van der Waals surface area contributed by atoms with Gasteiger partial charge in [-0.25, -0.2) is 9.67 Å². The highest BCUT2D eigenvalue weighted by Crippen LogP contribution is 2.38. The van der Waals surface area contributed by atoms with Crippen molar-refractivity contribution in [2.45, 2.75) is 13.1 Å². The number of hydrogen-bond donors (Lipinski definition) is 2. The molecule has 0 spiro atoms. The van der Waals surface area contributed by atoms with Crippen LogP contribution in [-0.4, -0.2) is 49.1 Å². The second-order valence-electron chi connectivity index (χ2n) is 6.32. The lowest BCUT2D eigenvalue weighted by atomic mass is 10.2. The van der Waals surface area contributed by atoms with Crippen LogP contribution in [0, 0.1) is 0 Å². The van der Waals surface area contributed by atoms with Gasteiger partial charge in [-0.2, -0.15) is 5.10 Å². The molecule has 9 nitrogen and oxygen atoms in total. The van der Waals surface area contributed by atoms with Crippen molar-refractivity contribution in [3.8, 4) is 22.9 Å². The van der Waals surface area contributed by atoms with E-state index in [0.717, 1.165) is 16.8 Å². The Balaban J connectivity index is 1.59. The largest absolute Gasteiger partial charge is 0.493 e. The number of ether oxygens (including phenoxy) is 3. The molecule has 0 amide bonds. The number of rotatable bonds is 8. The quantitative estimate of drug-likeness (QED) is 0.434. The third-order valence-corrected chi connectivity index (χ3v) is 4.49. The maximum absolute atomic E-state index is 5.41. The molecule has 0 bridgehead atoms. The van der Waals surface area contributed by atoms with E-state index in [4.69, 9.17) is 14.2 Å². The molecule has 30 heavy (non-hydrogen) atoms. The summed E-state index contributed by atoms with van der Waals surface area (Å²) in [6.07, 6.45) is 3.18. The summed E-state index contributed by atoms with van der Waals surface area (Å²) >= 11 is 0. The second kappa shape index (κ2) is 10.1.